The molecule has 1 aromatic rings. The van der Waals surface area contributed by atoms with E-state index in [0.29, 0.717) is 11.6 Å². The average Bonchev–Trinajstić information content (AvgIpc) is 2.07. The highest BCUT2D eigenvalue weighted by Gasteiger charge is 2.31. The van der Waals surface area contributed by atoms with Gasteiger partial charge in [0.2, 0.25) is 0 Å². The van der Waals surface area contributed by atoms with Crippen LogP contribution in [0.5, 0.6) is 0 Å². The molecule has 0 atom stereocenters. The zero-order valence-electron chi connectivity index (χ0n) is 7.40. The summed E-state index contributed by atoms with van der Waals surface area (Å²) < 4.78 is 37.1. The molecule has 4 heteroatoms. The van der Waals surface area contributed by atoms with Gasteiger partial charge >= 0.3 is 5.38 Å². The van der Waals surface area contributed by atoms with Crippen molar-refractivity contribution in [3.63, 3.8) is 0 Å². The van der Waals surface area contributed by atoms with E-state index < -0.39 is 11.2 Å². The third-order valence-electron chi connectivity index (χ3n) is 1.64. The molecule has 1 rings (SSSR count). The molecule has 0 nitrogen and oxygen atoms in total. The van der Waals surface area contributed by atoms with Crippen molar-refractivity contribution in [3.8, 4) is 0 Å². The summed E-state index contributed by atoms with van der Waals surface area (Å²) in [6, 6.07) is 6.48. The highest BCUT2D eigenvalue weighted by atomic mass is 35.5. The molecule has 0 aliphatic rings. The van der Waals surface area contributed by atoms with Crippen molar-refractivity contribution in [2.45, 2.75) is 12.3 Å². The van der Waals surface area contributed by atoms with Crippen LogP contribution in [0.15, 0.2) is 30.1 Å². The van der Waals surface area contributed by atoms with Crippen LogP contribution >= 0.6 is 11.6 Å². The molecule has 0 N–H and O–H groups in total. The maximum Gasteiger partial charge on any atom is 0.373 e. The van der Waals surface area contributed by atoms with Gasteiger partial charge in [0.15, 0.2) is 5.83 Å². The van der Waals surface area contributed by atoms with Crippen LogP contribution in [0, 0.1) is 6.92 Å². The fourth-order valence-electron chi connectivity index (χ4n) is 0.891. The molecular formula is C10H8ClF3. The number of rotatable bonds is 2. The van der Waals surface area contributed by atoms with Crippen molar-refractivity contribution in [1.29, 1.82) is 0 Å². The predicted octanol–water partition coefficient (Wildman–Crippen LogP) is 4.14. The summed E-state index contributed by atoms with van der Waals surface area (Å²) >= 11 is 4.49. The summed E-state index contributed by atoms with van der Waals surface area (Å²) in [5.74, 6) is -1.65. The molecule has 0 unspecified atom stereocenters. The number of aryl methyl sites for hydroxylation is 1. The molecule has 0 spiro atoms. The summed E-state index contributed by atoms with van der Waals surface area (Å²) in [6.45, 7) is 1.85. The number of alkyl halides is 3. The lowest BCUT2D eigenvalue weighted by Gasteiger charge is -2.04. The van der Waals surface area contributed by atoms with E-state index in [1.807, 2.05) is 6.92 Å². The quantitative estimate of drug-likeness (QED) is 0.658. The molecule has 0 saturated heterocycles. The molecule has 14 heavy (non-hydrogen) atoms. The van der Waals surface area contributed by atoms with Gasteiger partial charge in [-0.3, -0.25) is 0 Å². The molecular weight excluding hydrogens is 213 g/mol. The highest BCUT2D eigenvalue weighted by Crippen LogP contribution is 2.30. The highest BCUT2D eigenvalue weighted by molar-refractivity contribution is 6.23. The van der Waals surface area contributed by atoms with E-state index in [4.69, 9.17) is 0 Å². The smallest absolute Gasteiger partial charge is 0.204 e. The molecule has 0 radical (unpaired) electrons. The molecule has 0 amide bonds. The lowest BCUT2D eigenvalue weighted by atomic mass is 10.1. The van der Waals surface area contributed by atoms with Gasteiger partial charge < -0.3 is 0 Å². The SMILES string of the molecule is Cc1ccc(/C=C(\F)C(F)(F)Cl)cc1. The Morgan fingerprint density at radius 1 is 1.29 bits per heavy atom. The van der Waals surface area contributed by atoms with Crippen molar-refractivity contribution in [1.82, 2.24) is 0 Å². The van der Waals surface area contributed by atoms with Gasteiger partial charge in [0.25, 0.3) is 0 Å². The standard InChI is InChI=1S/C10H8ClF3/c1-7-2-4-8(5-3-7)6-9(12)10(11,13)14/h2-6H,1H3/b9-6-. The number of halogens is 4. The van der Waals surface area contributed by atoms with Crippen molar-refractivity contribution in [3.05, 3.63) is 41.2 Å². The Labute approximate surface area is 85.0 Å². The second kappa shape index (κ2) is 4.05. The van der Waals surface area contributed by atoms with E-state index in [1.54, 1.807) is 12.1 Å². The minimum absolute atomic E-state index is 0.355. The summed E-state index contributed by atoms with van der Waals surface area (Å²) in [4.78, 5) is 0. The Morgan fingerprint density at radius 2 is 1.79 bits per heavy atom. The van der Waals surface area contributed by atoms with Gasteiger partial charge in [-0.1, -0.05) is 29.8 Å². The Bertz CT molecular complexity index is 335. The monoisotopic (exact) mass is 220 g/mol. The normalized spacial score (nSPS) is 13.1. The molecule has 0 bridgehead atoms. The molecule has 76 valence electrons. The third kappa shape index (κ3) is 3.07. The summed E-state index contributed by atoms with van der Waals surface area (Å²) in [7, 11) is 0. The van der Waals surface area contributed by atoms with E-state index in [9.17, 15) is 13.2 Å². The molecule has 0 aromatic heterocycles. The van der Waals surface area contributed by atoms with Gasteiger partial charge in [-0.15, -0.1) is 0 Å². The van der Waals surface area contributed by atoms with Crippen LogP contribution in [0.1, 0.15) is 11.1 Å². The minimum atomic E-state index is -3.93. The Morgan fingerprint density at radius 3 is 2.21 bits per heavy atom. The lowest BCUT2D eigenvalue weighted by Crippen LogP contribution is -2.05. The van der Waals surface area contributed by atoms with E-state index in [0.717, 1.165) is 5.56 Å². The average molecular weight is 221 g/mol. The fourth-order valence-corrected chi connectivity index (χ4v) is 0.945. The second-order valence-corrected chi connectivity index (χ2v) is 3.38. The van der Waals surface area contributed by atoms with Crippen LogP contribution in [-0.2, 0) is 0 Å². The second-order valence-electron chi connectivity index (χ2n) is 2.90. The number of hydrogen-bond donors (Lipinski definition) is 0. The van der Waals surface area contributed by atoms with Gasteiger partial charge in [0.1, 0.15) is 0 Å². The van der Waals surface area contributed by atoms with Gasteiger partial charge in [-0.25, -0.2) is 4.39 Å². The van der Waals surface area contributed by atoms with E-state index in [-0.39, 0.29) is 0 Å². The van der Waals surface area contributed by atoms with E-state index in [2.05, 4.69) is 11.6 Å². The van der Waals surface area contributed by atoms with Gasteiger partial charge in [-0.05, 0) is 30.2 Å². The van der Waals surface area contributed by atoms with Crippen LogP contribution in [0.25, 0.3) is 6.08 Å². The van der Waals surface area contributed by atoms with Crippen LogP contribution in [0.4, 0.5) is 13.2 Å². The summed E-state index contributed by atoms with van der Waals surface area (Å²) in [5, 5.41) is -3.93. The molecule has 0 fully saturated rings. The van der Waals surface area contributed by atoms with E-state index >= 15 is 0 Å². The van der Waals surface area contributed by atoms with Crippen LogP contribution in [-0.4, -0.2) is 5.38 Å². The number of hydrogen-bond acceptors (Lipinski definition) is 0. The molecule has 0 heterocycles. The topological polar surface area (TPSA) is 0 Å². The summed E-state index contributed by atoms with van der Waals surface area (Å²) in [6.07, 6.45) is 0.715. The predicted molar refractivity (Wildman–Crippen MR) is 51.1 cm³/mol. The van der Waals surface area contributed by atoms with Gasteiger partial charge in [-0.2, -0.15) is 8.78 Å². The largest absolute Gasteiger partial charge is 0.373 e. The van der Waals surface area contributed by atoms with Crippen molar-refractivity contribution in [2.24, 2.45) is 0 Å². The first-order valence-electron chi connectivity index (χ1n) is 3.90. The Kier molecular flexibility index (Phi) is 3.21. The number of benzene rings is 1. The van der Waals surface area contributed by atoms with Gasteiger partial charge in [0, 0.05) is 0 Å². The van der Waals surface area contributed by atoms with Crippen molar-refractivity contribution in [2.75, 3.05) is 0 Å². The first-order valence-corrected chi connectivity index (χ1v) is 4.28. The minimum Gasteiger partial charge on any atom is -0.204 e. The van der Waals surface area contributed by atoms with Crippen LogP contribution in [0.3, 0.4) is 0 Å². The lowest BCUT2D eigenvalue weighted by molar-refractivity contribution is 0.112. The summed E-state index contributed by atoms with van der Waals surface area (Å²) in [5.41, 5.74) is 1.33. The van der Waals surface area contributed by atoms with E-state index in [1.165, 1.54) is 12.1 Å². The number of allylic oxidation sites excluding steroid dienone is 1. The first kappa shape index (κ1) is 11.1. The molecule has 0 saturated carbocycles. The zero-order valence-corrected chi connectivity index (χ0v) is 8.15. The fraction of sp³-hybridized carbons (Fsp3) is 0.200. The van der Waals surface area contributed by atoms with Crippen LogP contribution < -0.4 is 0 Å². The van der Waals surface area contributed by atoms with Crippen molar-refractivity contribution < 1.29 is 13.2 Å². The molecule has 0 aliphatic heterocycles. The van der Waals surface area contributed by atoms with Crippen molar-refractivity contribution >= 4 is 17.7 Å². The molecule has 0 aliphatic carbocycles. The van der Waals surface area contributed by atoms with Gasteiger partial charge in [0.05, 0.1) is 0 Å². The maximum absolute atomic E-state index is 12.7. The Balaban J connectivity index is 2.93. The maximum atomic E-state index is 12.7. The van der Waals surface area contributed by atoms with Crippen LogP contribution in [0.2, 0.25) is 0 Å². The zero-order chi connectivity index (χ0) is 10.8. The third-order valence-corrected chi connectivity index (χ3v) is 1.82. The Hall–Kier alpha value is -0.960. The molecule has 1 aromatic carbocycles. The first-order chi connectivity index (χ1) is 6.39.